The average molecular weight is 305 g/mol. The molecule has 0 atom stereocenters. The number of nitrogens with two attached hydrogens (primary N) is 1. The van der Waals surface area contributed by atoms with Gasteiger partial charge < -0.3 is 10.7 Å². The van der Waals surface area contributed by atoms with Crippen LogP contribution in [0.5, 0.6) is 0 Å². The van der Waals surface area contributed by atoms with Gasteiger partial charge in [0.05, 0.1) is 32.2 Å². The Bertz CT molecular complexity index is 806. The van der Waals surface area contributed by atoms with E-state index in [2.05, 4.69) is 16.0 Å². The van der Waals surface area contributed by atoms with Gasteiger partial charge in [0.1, 0.15) is 5.82 Å². The quantitative estimate of drug-likeness (QED) is 0.761. The summed E-state index contributed by atoms with van der Waals surface area (Å²) in [6.45, 7) is 0. The van der Waals surface area contributed by atoms with Crippen LogP contribution in [0.4, 0.5) is 0 Å². The fourth-order valence-corrected chi connectivity index (χ4v) is 2.59. The maximum Gasteiger partial charge on any atom is 0.251 e. The van der Waals surface area contributed by atoms with Crippen LogP contribution < -0.4 is 5.73 Å². The summed E-state index contributed by atoms with van der Waals surface area (Å²) >= 11 is 12.3. The molecule has 0 fully saturated rings. The van der Waals surface area contributed by atoms with Crippen LogP contribution in [0.2, 0.25) is 10.0 Å². The number of hydrogen-bond acceptors (Lipinski definition) is 2. The lowest BCUT2D eigenvalue weighted by molar-refractivity contribution is 0.100. The number of fused-ring (bicyclic) bond motifs is 1. The number of aromatic nitrogens is 2. The summed E-state index contributed by atoms with van der Waals surface area (Å²) < 4.78 is 0. The number of carbonyl (C=O) groups excluding carboxylic acids is 1. The number of nitrogens with zero attached hydrogens (tertiary/aromatic N) is 1. The Morgan fingerprint density at radius 3 is 2.60 bits per heavy atom. The van der Waals surface area contributed by atoms with Gasteiger partial charge in [0.25, 0.3) is 5.91 Å². The number of primary amides is 1. The summed E-state index contributed by atoms with van der Waals surface area (Å²) in [6.07, 6.45) is 0. The summed E-state index contributed by atoms with van der Waals surface area (Å²) in [5, 5.41) is 0.947. The third kappa shape index (κ3) is 2.03. The first-order valence-electron chi connectivity index (χ1n) is 5.72. The Kier molecular flexibility index (Phi) is 3.12. The molecule has 0 saturated heterocycles. The number of hydrogen-bond donors (Lipinski definition) is 2. The second-order valence-corrected chi connectivity index (χ2v) is 4.97. The Hall–Kier alpha value is -2.04. The van der Waals surface area contributed by atoms with Gasteiger partial charge in [-0.3, -0.25) is 4.79 Å². The van der Waals surface area contributed by atoms with Gasteiger partial charge in [0.2, 0.25) is 0 Å². The van der Waals surface area contributed by atoms with Crippen LogP contribution in [0.3, 0.4) is 0 Å². The van der Waals surface area contributed by atoms with E-state index in [0.717, 1.165) is 0 Å². The van der Waals surface area contributed by atoms with E-state index in [4.69, 9.17) is 28.9 Å². The monoisotopic (exact) mass is 304 g/mol. The van der Waals surface area contributed by atoms with Crippen molar-refractivity contribution in [3.8, 4) is 11.4 Å². The van der Waals surface area contributed by atoms with Crippen molar-refractivity contribution in [3.05, 3.63) is 52.0 Å². The molecule has 0 aliphatic rings. The van der Waals surface area contributed by atoms with E-state index in [1.54, 1.807) is 30.3 Å². The molecule has 3 rings (SSSR count). The Morgan fingerprint density at radius 2 is 1.95 bits per heavy atom. The molecule has 1 radical (unpaired) electrons. The molecule has 1 heterocycles. The lowest BCUT2D eigenvalue weighted by Gasteiger charge is -2.02. The van der Waals surface area contributed by atoms with Gasteiger partial charge in [-0.1, -0.05) is 35.3 Å². The molecule has 4 nitrogen and oxygen atoms in total. The zero-order valence-electron chi connectivity index (χ0n) is 10.1. The van der Waals surface area contributed by atoms with Gasteiger partial charge >= 0.3 is 0 Å². The Balaban J connectivity index is 2.29. The van der Waals surface area contributed by atoms with E-state index in [9.17, 15) is 4.79 Å². The van der Waals surface area contributed by atoms with Crippen molar-refractivity contribution in [2.45, 2.75) is 0 Å². The minimum atomic E-state index is -0.573. The van der Waals surface area contributed by atoms with Crippen molar-refractivity contribution >= 4 is 40.1 Å². The summed E-state index contributed by atoms with van der Waals surface area (Å²) in [5.41, 5.74) is 7.28. The van der Waals surface area contributed by atoms with Crippen LogP contribution in [0.25, 0.3) is 22.4 Å². The average Bonchev–Trinajstić information content (AvgIpc) is 2.81. The van der Waals surface area contributed by atoms with E-state index in [0.29, 0.717) is 32.5 Å². The molecule has 0 saturated carbocycles. The van der Waals surface area contributed by atoms with Gasteiger partial charge in [0, 0.05) is 0 Å². The van der Waals surface area contributed by atoms with Gasteiger partial charge in [-0.2, -0.15) is 0 Å². The number of carbonyl (C=O) groups is 1. The maximum atomic E-state index is 11.4. The second-order valence-electron chi connectivity index (χ2n) is 4.16. The second kappa shape index (κ2) is 4.81. The Labute approximate surface area is 124 Å². The fourth-order valence-electron chi connectivity index (χ4n) is 2.01. The summed E-state index contributed by atoms with van der Waals surface area (Å²) in [7, 11) is 0. The molecule has 3 N–H and O–H groups in total. The zero-order valence-corrected chi connectivity index (χ0v) is 11.6. The van der Waals surface area contributed by atoms with Gasteiger partial charge in [0.15, 0.2) is 0 Å². The van der Waals surface area contributed by atoms with Crippen molar-refractivity contribution in [1.82, 2.24) is 9.97 Å². The summed E-state index contributed by atoms with van der Waals surface area (Å²) in [6, 6.07) is 11.3. The number of H-pyrrole nitrogens is 1. The van der Waals surface area contributed by atoms with Crippen LogP contribution in [0, 0.1) is 6.07 Å². The first kappa shape index (κ1) is 13.0. The molecule has 99 valence electrons. The first-order chi connectivity index (χ1) is 9.58. The fraction of sp³-hybridized carbons (Fsp3) is 0. The predicted molar refractivity (Wildman–Crippen MR) is 78.9 cm³/mol. The standard InChI is InChI=1S/C14H8Cl2N3O/c15-8-4-2-5-9(16)11(8)14-18-10-6-1-3-7(13(17)20)12(10)19-14/h1-2,4-6H,(H2,17,20)(H,18,19). The molecule has 0 aliphatic carbocycles. The van der Waals surface area contributed by atoms with Crippen LogP contribution in [0.1, 0.15) is 10.4 Å². The van der Waals surface area contributed by atoms with Gasteiger partial charge in [-0.15, -0.1) is 0 Å². The third-order valence-electron chi connectivity index (χ3n) is 2.90. The molecule has 3 aromatic rings. The molecule has 1 amide bonds. The van der Waals surface area contributed by atoms with Crippen LogP contribution in [-0.2, 0) is 0 Å². The minimum absolute atomic E-state index is 0.254. The van der Waals surface area contributed by atoms with Gasteiger partial charge in [-0.05, 0) is 24.3 Å². The summed E-state index contributed by atoms with van der Waals surface area (Å²) in [5.74, 6) is -0.0891. The third-order valence-corrected chi connectivity index (χ3v) is 3.53. The molecule has 0 aliphatic heterocycles. The normalized spacial score (nSPS) is 10.9. The molecule has 1 aromatic heterocycles. The van der Waals surface area contributed by atoms with Crippen molar-refractivity contribution < 1.29 is 4.79 Å². The number of amides is 1. The number of rotatable bonds is 2. The highest BCUT2D eigenvalue weighted by Gasteiger charge is 2.15. The zero-order chi connectivity index (χ0) is 14.3. The van der Waals surface area contributed by atoms with Crippen LogP contribution in [-0.4, -0.2) is 15.9 Å². The SMILES string of the molecule is NC(=O)c1[c]ccc2nc(-c3c(Cl)cccc3Cl)[nH]c12. The Morgan fingerprint density at radius 1 is 1.25 bits per heavy atom. The molecule has 2 aromatic carbocycles. The van der Waals surface area contributed by atoms with E-state index in [-0.39, 0.29) is 5.56 Å². The summed E-state index contributed by atoms with van der Waals surface area (Å²) in [4.78, 5) is 18.8. The highest BCUT2D eigenvalue weighted by molar-refractivity contribution is 6.39. The number of nitrogens with one attached hydrogen (secondary N) is 1. The molecular weight excluding hydrogens is 297 g/mol. The minimum Gasteiger partial charge on any atom is -0.366 e. The van der Waals surface area contributed by atoms with E-state index < -0.39 is 5.91 Å². The van der Waals surface area contributed by atoms with E-state index >= 15 is 0 Å². The topological polar surface area (TPSA) is 71.8 Å². The van der Waals surface area contributed by atoms with Crippen molar-refractivity contribution in [2.75, 3.05) is 0 Å². The van der Waals surface area contributed by atoms with Crippen molar-refractivity contribution in [2.24, 2.45) is 5.73 Å². The van der Waals surface area contributed by atoms with Crippen LogP contribution in [0.15, 0.2) is 30.3 Å². The van der Waals surface area contributed by atoms with Gasteiger partial charge in [-0.25, -0.2) is 4.98 Å². The lowest BCUT2D eigenvalue weighted by Crippen LogP contribution is -2.11. The first-order valence-corrected chi connectivity index (χ1v) is 6.48. The number of aromatic amines is 1. The number of imidazole rings is 1. The van der Waals surface area contributed by atoms with Crippen molar-refractivity contribution in [1.29, 1.82) is 0 Å². The van der Waals surface area contributed by atoms with E-state index in [1.165, 1.54) is 0 Å². The number of benzene rings is 2. The highest BCUT2D eigenvalue weighted by atomic mass is 35.5. The molecule has 0 bridgehead atoms. The largest absolute Gasteiger partial charge is 0.366 e. The lowest BCUT2D eigenvalue weighted by atomic mass is 10.2. The highest BCUT2D eigenvalue weighted by Crippen LogP contribution is 2.34. The molecule has 0 unspecified atom stereocenters. The number of halogens is 2. The molecule has 20 heavy (non-hydrogen) atoms. The van der Waals surface area contributed by atoms with Crippen LogP contribution >= 0.6 is 23.2 Å². The smallest absolute Gasteiger partial charge is 0.251 e. The molecule has 0 spiro atoms. The molecular formula is C14H8Cl2N3O. The maximum absolute atomic E-state index is 11.4. The van der Waals surface area contributed by atoms with E-state index in [1.807, 2.05) is 0 Å². The predicted octanol–water partition coefficient (Wildman–Crippen LogP) is 3.44. The van der Waals surface area contributed by atoms with Crippen molar-refractivity contribution in [3.63, 3.8) is 0 Å². The molecule has 6 heteroatoms.